The predicted octanol–water partition coefficient (Wildman–Crippen LogP) is 1.28. The second kappa shape index (κ2) is 9.01. The first-order valence-electron chi connectivity index (χ1n) is 6.20. The first kappa shape index (κ1) is 17.0. The summed E-state index contributed by atoms with van der Waals surface area (Å²) in [7, 11) is -1.96. The van der Waals surface area contributed by atoms with Crippen molar-refractivity contribution in [3.05, 3.63) is 0 Å². The predicted molar refractivity (Wildman–Crippen MR) is 69.8 cm³/mol. The molecule has 0 saturated carbocycles. The third-order valence-corrected chi connectivity index (χ3v) is 3.85. The highest BCUT2D eigenvalue weighted by Gasteiger charge is 2.18. The molecule has 17 heavy (non-hydrogen) atoms. The van der Waals surface area contributed by atoms with Gasteiger partial charge in [0.1, 0.15) is 5.72 Å². The van der Waals surface area contributed by atoms with Crippen molar-refractivity contribution in [2.75, 3.05) is 19.8 Å². The monoisotopic (exact) mass is 265 g/mol. The van der Waals surface area contributed by atoms with Crippen LogP contribution in [0, 0.1) is 0 Å². The average molecular weight is 265 g/mol. The molecule has 0 fully saturated rings. The third-order valence-electron chi connectivity index (χ3n) is 1.95. The van der Waals surface area contributed by atoms with Crippen molar-refractivity contribution in [1.82, 2.24) is 0 Å². The lowest BCUT2D eigenvalue weighted by atomic mass is 10.3. The zero-order valence-corrected chi connectivity index (χ0v) is 12.8. The summed E-state index contributed by atoms with van der Waals surface area (Å²) in [4.78, 5) is 0. The van der Waals surface area contributed by atoms with Crippen molar-refractivity contribution in [2.45, 2.75) is 52.9 Å². The van der Waals surface area contributed by atoms with Crippen molar-refractivity contribution < 1.29 is 18.0 Å². The normalized spacial score (nSPS) is 14.3. The lowest BCUT2D eigenvalue weighted by Gasteiger charge is -2.23. The topological polar surface area (TPSA) is 62.9 Å². The van der Waals surface area contributed by atoms with Crippen molar-refractivity contribution in [2.24, 2.45) is 5.73 Å². The van der Waals surface area contributed by atoms with E-state index in [1.807, 2.05) is 34.6 Å². The van der Waals surface area contributed by atoms with Crippen molar-refractivity contribution in [3.63, 3.8) is 0 Å². The summed E-state index contributed by atoms with van der Waals surface area (Å²) in [5.41, 5.74) is 5.13. The van der Waals surface area contributed by atoms with E-state index >= 15 is 0 Å². The van der Waals surface area contributed by atoms with Gasteiger partial charge in [0.05, 0.1) is 6.61 Å². The van der Waals surface area contributed by atoms with E-state index < -0.39 is 15.3 Å². The molecule has 5 nitrogen and oxygen atoms in total. The van der Waals surface area contributed by atoms with Crippen LogP contribution >= 0.6 is 0 Å². The summed E-state index contributed by atoms with van der Waals surface area (Å²) in [5.74, 6) is 0. The van der Waals surface area contributed by atoms with E-state index in [0.29, 0.717) is 19.8 Å². The highest BCUT2D eigenvalue weighted by atomic mass is 28.3. The van der Waals surface area contributed by atoms with Crippen LogP contribution in [0.3, 0.4) is 0 Å². The maximum absolute atomic E-state index is 5.72. The maximum Gasteiger partial charge on any atom is 0.484 e. The van der Waals surface area contributed by atoms with Gasteiger partial charge < -0.3 is 23.7 Å². The molecule has 1 atom stereocenters. The molecule has 2 N–H and O–H groups in total. The van der Waals surface area contributed by atoms with Gasteiger partial charge in [0.2, 0.25) is 0 Å². The minimum absolute atomic E-state index is 0.0621. The summed E-state index contributed by atoms with van der Waals surface area (Å²) < 4.78 is 22.0. The number of nitrogens with two attached hydrogens (primary N) is 1. The Kier molecular flexibility index (Phi) is 9.02. The summed E-state index contributed by atoms with van der Waals surface area (Å²) in [5, 5.41) is 0. The molecule has 104 valence electrons. The van der Waals surface area contributed by atoms with Gasteiger partial charge in [-0.15, -0.1) is 0 Å². The molecule has 0 heterocycles. The van der Waals surface area contributed by atoms with Crippen LogP contribution in [0.15, 0.2) is 0 Å². The van der Waals surface area contributed by atoms with E-state index in [1.165, 1.54) is 0 Å². The smallest absolute Gasteiger partial charge is 0.376 e. The van der Waals surface area contributed by atoms with E-state index in [1.54, 1.807) is 0 Å². The van der Waals surface area contributed by atoms with Crippen LogP contribution in [0.1, 0.15) is 41.0 Å². The minimum atomic E-state index is -1.96. The second-order valence-electron chi connectivity index (χ2n) is 4.39. The largest absolute Gasteiger partial charge is 0.484 e. The Bertz CT molecular complexity index is 181. The van der Waals surface area contributed by atoms with Gasteiger partial charge in [-0.3, -0.25) is 0 Å². The van der Waals surface area contributed by atoms with Crippen LogP contribution in [0.25, 0.3) is 0 Å². The van der Waals surface area contributed by atoms with Gasteiger partial charge >= 0.3 is 9.53 Å². The van der Waals surface area contributed by atoms with Crippen LogP contribution in [0.4, 0.5) is 0 Å². The number of hydrogen-bond donors (Lipinski definition) is 1. The first-order valence-corrected chi connectivity index (χ1v) is 7.62. The molecule has 0 radical (unpaired) electrons. The van der Waals surface area contributed by atoms with Gasteiger partial charge in [-0.2, -0.15) is 0 Å². The summed E-state index contributed by atoms with van der Waals surface area (Å²) in [6, 6.07) is 0. The Morgan fingerprint density at radius 2 is 1.71 bits per heavy atom. The van der Waals surface area contributed by atoms with Gasteiger partial charge in [0.25, 0.3) is 0 Å². The Hall–Kier alpha value is 0.0169. The minimum Gasteiger partial charge on any atom is -0.376 e. The summed E-state index contributed by atoms with van der Waals surface area (Å²) in [6.07, 6.45) is 0.844. The highest BCUT2D eigenvalue weighted by Crippen LogP contribution is 2.06. The summed E-state index contributed by atoms with van der Waals surface area (Å²) in [6.45, 7) is 11.3. The van der Waals surface area contributed by atoms with Crippen LogP contribution < -0.4 is 5.73 Å². The molecule has 0 aromatic carbocycles. The molecular formula is C11H27NO4Si. The fourth-order valence-electron chi connectivity index (χ4n) is 1.14. The molecule has 6 heteroatoms. The highest BCUT2D eigenvalue weighted by molar-refractivity contribution is 6.36. The third kappa shape index (κ3) is 10.9. The van der Waals surface area contributed by atoms with Crippen LogP contribution in [0.5, 0.6) is 0 Å². The Balaban J connectivity index is 3.77. The van der Waals surface area contributed by atoms with Gasteiger partial charge in [0.15, 0.2) is 0 Å². The van der Waals surface area contributed by atoms with Crippen LogP contribution in [-0.4, -0.2) is 41.2 Å². The van der Waals surface area contributed by atoms with E-state index in [-0.39, 0.29) is 6.10 Å². The molecule has 0 aliphatic heterocycles. The zero-order valence-electron chi connectivity index (χ0n) is 11.7. The van der Waals surface area contributed by atoms with Gasteiger partial charge in [-0.05, 0) is 41.0 Å². The molecule has 0 spiro atoms. The van der Waals surface area contributed by atoms with Crippen molar-refractivity contribution >= 4 is 9.53 Å². The quantitative estimate of drug-likeness (QED) is 0.476. The Morgan fingerprint density at radius 1 is 1.18 bits per heavy atom. The van der Waals surface area contributed by atoms with Gasteiger partial charge in [-0.25, -0.2) is 0 Å². The van der Waals surface area contributed by atoms with Crippen molar-refractivity contribution in [1.29, 1.82) is 0 Å². The van der Waals surface area contributed by atoms with E-state index in [2.05, 4.69) is 0 Å². The molecule has 0 aromatic heterocycles. The molecule has 0 saturated heterocycles. The SMILES string of the molecule is CCO[SiH](OCC)OC(C)CCOC(C)(C)N. The Morgan fingerprint density at radius 3 is 2.12 bits per heavy atom. The number of rotatable bonds is 10. The first-order chi connectivity index (χ1) is 7.89. The van der Waals surface area contributed by atoms with Crippen LogP contribution in [0.2, 0.25) is 0 Å². The number of ether oxygens (including phenoxy) is 1. The molecule has 1 unspecified atom stereocenters. The molecule has 0 bridgehead atoms. The van der Waals surface area contributed by atoms with Crippen LogP contribution in [-0.2, 0) is 18.0 Å². The molecular weight excluding hydrogens is 238 g/mol. The summed E-state index contributed by atoms with van der Waals surface area (Å²) >= 11 is 0. The fourth-order valence-corrected chi connectivity index (χ4v) is 2.46. The standard InChI is InChI=1S/C11H27NO4Si/c1-6-14-17(15-7-2)16-10(3)8-9-13-11(4,5)12/h10,17H,6-9,12H2,1-5H3. The number of hydrogen-bond acceptors (Lipinski definition) is 5. The molecule has 0 amide bonds. The molecule has 0 aliphatic carbocycles. The van der Waals surface area contributed by atoms with Gasteiger partial charge in [-0.1, -0.05) is 0 Å². The zero-order chi connectivity index (χ0) is 13.3. The average Bonchev–Trinajstić information content (AvgIpc) is 2.16. The second-order valence-corrected chi connectivity index (χ2v) is 5.90. The van der Waals surface area contributed by atoms with Gasteiger partial charge in [0, 0.05) is 19.3 Å². The maximum atomic E-state index is 5.72. The molecule has 0 aliphatic rings. The van der Waals surface area contributed by atoms with E-state index in [4.69, 9.17) is 23.7 Å². The van der Waals surface area contributed by atoms with E-state index in [9.17, 15) is 0 Å². The Labute approximate surface area is 107 Å². The molecule has 0 aromatic rings. The van der Waals surface area contributed by atoms with Crippen molar-refractivity contribution in [3.8, 4) is 0 Å². The lowest BCUT2D eigenvalue weighted by Crippen LogP contribution is -2.37. The molecule has 0 rings (SSSR count). The van der Waals surface area contributed by atoms with E-state index in [0.717, 1.165) is 6.42 Å². The lowest BCUT2D eigenvalue weighted by molar-refractivity contribution is -0.0283. The fraction of sp³-hybridized carbons (Fsp3) is 1.00.